The number of hydrogen-bond acceptors (Lipinski definition) is 4. The minimum absolute atomic E-state index is 0.191. The molecule has 0 saturated heterocycles. The average molecular weight is 239 g/mol. The van der Waals surface area contributed by atoms with Crippen LogP contribution in [0.5, 0.6) is 0 Å². The number of sulfonamides is 1. The quantitative estimate of drug-likeness (QED) is 0.746. The molecule has 0 unspecified atom stereocenters. The Balaban J connectivity index is 2.66. The summed E-state index contributed by atoms with van der Waals surface area (Å²) in [7, 11) is -1.96. The summed E-state index contributed by atoms with van der Waals surface area (Å²) in [4.78, 5) is 8.45. The zero-order valence-electron chi connectivity index (χ0n) is 9.38. The molecule has 0 aromatic carbocycles. The van der Waals surface area contributed by atoms with Crippen LogP contribution in [0.15, 0.2) is 22.2 Å². The Morgan fingerprint density at radius 1 is 1.38 bits per heavy atom. The van der Waals surface area contributed by atoms with E-state index in [4.69, 9.17) is 0 Å². The molecule has 1 aliphatic heterocycles. The standard InChI is InChI=1S/C10H13N3O2S/c1-7(2)8-4-10-9(5-11-8)12-6-13(3)16(10,14)15/h4-7H,1-3H3. The molecule has 86 valence electrons. The molecule has 1 aromatic heterocycles. The van der Waals surface area contributed by atoms with Gasteiger partial charge in [0.25, 0.3) is 10.0 Å². The van der Waals surface area contributed by atoms with Crippen LogP contribution >= 0.6 is 0 Å². The van der Waals surface area contributed by atoms with E-state index in [1.54, 1.807) is 6.07 Å². The molecule has 0 radical (unpaired) electrons. The Bertz CT molecular complexity index is 549. The van der Waals surface area contributed by atoms with E-state index in [-0.39, 0.29) is 10.8 Å². The lowest BCUT2D eigenvalue weighted by atomic mass is 10.1. The summed E-state index contributed by atoms with van der Waals surface area (Å²) in [6.45, 7) is 3.94. The molecular weight excluding hydrogens is 226 g/mol. The second kappa shape index (κ2) is 3.55. The lowest BCUT2D eigenvalue weighted by Crippen LogP contribution is -2.28. The second-order valence-electron chi connectivity index (χ2n) is 4.00. The first kappa shape index (κ1) is 11.1. The van der Waals surface area contributed by atoms with Crippen molar-refractivity contribution in [1.82, 2.24) is 9.29 Å². The second-order valence-corrected chi connectivity index (χ2v) is 5.96. The molecule has 2 rings (SSSR count). The Labute approximate surface area is 94.9 Å². The van der Waals surface area contributed by atoms with Crippen LogP contribution in [0.25, 0.3) is 0 Å². The van der Waals surface area contributed by atoms with Gasteiger partial charge in [0.1, 0.15) is 16.9 Å². The van der Waals surface area contributed by atoms with Crippen molar-refractivity contribution in [1.29, 1.82) is 0 Å². The molecule has 0 fully saturated rings. The SMILES string of the molecule is CC(C)c1cc2c(cn1)N=CN(C)S2(=O)=O. The van der Waals surface area contributed by atoms with Gasteiger partial charge in [-0.25, -0.2) is 13.4 Å². The van der Waals surface area contributed by atoms with Crippen LogP contribution < -0.4 is 0 Å². The van der Waals surface area contributed by atoms with E-state index in [1.807, 2.05) is 13.8 Å². The minimum Gasteiger partial charge on any atom is -0.259 e. The summed E-state index contributed by atoms with van der Waals surface area (Å²) < 4.78 is 25.1. The lowest BCUT2D eigenvalue weighted by molar-refractivity contribution is 0.553. The largest absolute Gasteiger partial charge is 0.267 e. The van der Waals surface area contributed by atoms with Gasteiger partial charge in [-0.3, -0.25) is 9.29 Å². The van der Waals surface area contributed by atoms with Gasteiger partial charge in [0, 0.05) is 12.7 Å². The summed E-state index contributed by atoms with van der Waals surface area (Å²) in [5.74, 6) is 0.191. The van der Waals surface area contributed by atoms with Gasteiger partial charge >= 0.3 is 0 Å². The monoisotopic (exact) mass is 239 g/mol. The summed E-state index contributed by atoms with van der Waals surface area (Å²) in [5.41, 5.74) is 1.16. The highest BCUT2D eigenvalue weighted by Crippen LogP contribution is 2.30. The summed E-state index contributed by atoms with van der Waals surface area (Å²) >= 11 is 0. The van der Waals surface area contributed by atoms with E-state index in [2.05, 4.69) is 9.98 Å². The third kappa shape index (κ3) is 1.59. The van der Waals surface area contributed by atoms with E-state index < -0.39 is 10.0 Å². The molecule has 0 bridgehead atoms. The van der Waals surface area contributed by atoms with E-state index in [1.165, 1.54) is 19.6 Å². The number of aromatic nitrogens is 1. The summed E-state index contributed by atoms with van der Waals surface area (Å²) in [6.07, 6.45) is 2.79. The highest BCUT2D eigenvalue weighted by molar-refractivity contribution is 7.89. The Kier molecular flexibility index (Phi) is 2.46. The predicted octanol–water partition coefficient (Wildman–Crippen LogP) is 1.50. The molecule has 1 aliphatic rings. The van der Waals surface area contributed by atoms with E-state index in [0.717, 1.165) is 10.00 Å². The number of aliphatic imine (C=N–C) groups is 1. The molecule has 16 heavy (non-hydrogen) atoms. The van der Waals surface area contributed by atoms with Crippen molar-refractivity contribution in [2.24, 2.45) is 4.99 Å². The third-order valence-corrected chi connectivity index (χ3v) is 4.21. The molecule has 2 heterocycles. The first-order chi connectivity index (χ1) is 7.43. The van der Waals surface area contributed by atoms with Gasteiger partial charge in [-0.1, -0.05) is 13.8 Å². The molecule has 0 saturated carbocycles. The van der Waals surface area contributed by atoms with Crippen molar-refractivity contribution in [3.63, 3.8) is 0 Å². The number of nitrogens with zero attached hydrogens (tertiary/aromatic N) is 3. The van der Waals surface area contributed by atoms with Crippen LogP contribution in [0.2, 0.25) is 0 Å². The molecule has 0 spiro atoms. The van der Waals surface area contributed by atoms with E-state index in [9.17, 15) is 8.42 Å². The summed E-state index contributed by atoms with van der Waals surface area (Å²) in [6, 6.07) is 1.60. The molecule has 1 aromatic rings. The molecule has 5 nitrogen and oxygen atoms in total. The Morgan fingerprint density at radius 3 is 2.69 bits per heavy atom. The zero-order valence-corrected chi connectivity index (χ0v) is 10.2. The van der Waals surface area contributed by atoms with Gasteiger partial charge in [0.15, 0.2) is 0 Å². The maximum absolute atomic E-state index is 12.0. The lowest BCUT2D eigenvalue weighted by Gasteiger charge is -2.20. The van der Waals surface area contributed by atoms with Crippen LogP contribution in [0.1, 0.15) is 25.5 Å². The highest BCUT2D eigenvalue weighted by atomic mass is 32.2. The van der Waals surface area contributed by atoms with E-state index in [0.29, 0.717) is 5.69 Å². The first-order valence-corrected chi connectivity index (χ1v) is 6.39. The van der Waals surface area contributed by atoms with Crippen molar-refractivity contribution in [2.75, 3.05) is 7.05 Å². The van der Waals surface area contributed by atoms with Gasteiger partial charge in [-0.15, -0.1) is 0 Å². The Hall–Kier alpha value is -1.43. The summed E-state index contributed by atoms with van der Waals surface area (Å²) in [5, 5.41) is 0. The topological polar surface area (TPSA) is 62.6 Å². The third-order valence-electron chi connectivity index (χ3n) is 2.48. The molecule has 6 heteroatoms. The number of pyridine rings is 1. The average Bonchev–Trinajstić information content (AvgIpc) is 2.23. The fourth-order valence-electron chi connectivity index (χ4n) is 1.42. The smallest absolute Gasteiger partial charge is 0.259 e. The Morgan fingerprint density at radius 2 is 2.06 bits per heavy atom. The van der Waals surface area contributed by atoms with Gasteiger partial charge in [-0.2, -0.15) is 0 Å². The van der Waals surface area contributed by atoms with Crippen molar-refractivity contribution in [3.8, 4) is 0 Å². The zero-order chi connectivity index (χ0) is 11.9. The molecule has 0 aliphatic carbocycles. The van der Waals surface area contributed by atoms with Crippen LogP contribution in [-0.2, 0) is 10.0 Å². The number of hydrogen-bond donors (Lipinski definition) is 0. The van der Waals surface area contributed by atoms with E-state index >= 15 is 0 Å². The van der Waals surface area contributed by atoms with Crippen LogP contribution in [0.3, 0.4) is 0 Å². The van der Waals surface area contributed by atoms with Gasteiger partial charge in [-0.05, 0) is 12.0 Å². The van der Waals surface area contributed by atoms with Crippen molar-refractivity contribution in [2.45, 2.75) is 24.7 Å². The predicted molar refractivity (Wildman–Crippen MR) is 61.4 cm³/mol. The minimum atomic E-state index is -3.43. The highest BCUT2D eigenvalue weighted by Gasteiger charge is 2.26. The number of fused-ring (bicyclic) bond motifs is 1. The normalized spacial score (nSPS) is 17.6. The number of rotatable bonds is 1. The van der Waals surface area contributed by atoms with Gasteiger partial charge < -0.3 is 0 Å². The van der Waals surface area contributed by atoms with Crippen molar-refractivity contribution in [3.05, 3.63) is 18.0 Å². The van der Waals surface area contributed by atoms with Gasteiger partial charge in [0.2, 0.25) is 0 Å². The molecular formula is C10H13N3O2S. The van der Waals surface area contributed by atoms with Crippen LogP contribution in [0, 0.1) is 0 Å². The first-order valence-electron chi connectivity index (χ1n) is 4.95. The molecule has 0 N–H and O–H groups in total. The van der Waals surface area contributed by atoms with Crippen LogP contribution in [-0.4, -0.2) is 31.1 Å². The fraction of sp³-hybridized carbons (Fsp3) is 0.400. The maximum atomic E-state index is 12.0. The van der Waals surface area contributed by atoms with Crippen molar-refractivity contribution >= 4 is 22.0 Å². The molecule has 0 amide bonds. The van der Waals surface area contributed by atoms with Crippen molar-refractivity contribution < 1.29 is 8.42 Å². The van der Waals surface area contributed by atoms with Crippen LogP contribution in [0.4, 0.5) is 5.69 Å². The fourth-order valence-corrected chi connectivity index (χ4v) is 2.55. The van der Waals surface area contributed by atoms with Gasteiger partial charge in [0.05, 0.1) is 6.20 Å². The maximum Gasteiger partial charge on any atom is 0.267 e. The molecule has 0 atom stereocenters.